The van der Waals surface area contributed by atoms with Crippen molar-refractivity contribution >= 4 is 17.6 Å². The van der Waals surface area contributed by atoms with Gasteiger partial charge in [-0.05, 0) is 42.8 Å². The fraction of sp³-hybridized carbons (Fsp3) is 0.188. The number of rotatable bonds is 5. The molecule has 0 heterocycles. The summed E-state index contributed by atoms with van der Waals surface area (Å²) in [5.41, 5.74) is 1.80. The van der Waals surface area contributed by atoms with Gasteiger partial charge >= 0.3 is 5.97 Å². The normalized spacial score (nSPS) is 10.2. The van der Waals surface area contributed by atoms with Crippen LogP contribution in [0.15, 0.2) is 36.4 Å². The van der Waals surface area contributed by atoms with Gasteiger partial charge in [0, 0.05) is 10.6 Å². The van der Waals surface area contributed by atoms with E-state index in [0.717, 1.165) is 11.1 Å². The highest BCUT2D eigenvalue weighted by molar-refractivity contribution is 6.30. The van der Waals surface area contributed by atoms with Gasteiger partial charge in [0.05, 0.1) is 7.11 Å². The third-order valence-electron chi connectivity index (χ3n) is 2.99. The SMILES string of the molecule is COc1ccc(Cl)cc1COc1cc(C)ccc1C(=O)O. The van der Waals surface area contributed by atoms with Gasteiger partial charge in [0.25, 0.3) is 0 Å². The number of benzene rings is 2. The highest BCUT2D eigenvalue weighted by Crippen LogP contribution is 2.26. The molecule has 2 aromatic rings. The maximum atomic E-state index is 11.2. The van der Waals surface area contributed by atoms with Gasteiger partial charge in [0.2, 0.25) is 0 Å². The van der Waals surface area contributed by atoms with E-state index in [0.29, 0.717) is 16.5 Å². The first-order chi connectivity index (χ1) is 10.0. The van der Waals surface area contributed by atoms with Crippen LogP contribution >= 0.6 is 11.6 Å². The van der Waals surface area contributed by atoms with Crippen LogP contribution in [0.3, 0.4) is 0 Å². The fourth-order valence-electron chi connectivity index (χ4n) is 1.94. The molecule has 0 aromatic heterocycles. The Morgan fingerprint density at radius 2 is 1.95 bits per heavy atom. The average molecular weight is 307 g/mol. The van der Waals surface area contributed by atoms with Crippen LogP contribution < -0.4 is 9.47 Å². The van der Waals surface area contributed by atoms with E-state index in [1.54, 1.807) is 37.4 Å². The molecule has 0 unspecified atom stereocenters. The van der Waals surface area contributed by atoms with Crippen molar-refractivity contribution in [2.24, 2.45) is 0 Å². The van der Waals surface area contributed by atoms with Gasteiger partial charge in [-0.3, -0.25) is 0 Å². The van der Waals surface area contributed by atoms with Crippen molar-refractivity contribution in [3.05, 3.63) is 58.1 Å². The minimum absolute atomic E-state index is 0.126. The van der Waals surface area contributed by atoms with E-state index in [2.05, 4.69) is 0 Å². The molecule has 0 radical (unpaired) electrons. The second kappa shape index (κ2) is 6.50. The molecule has 0 aliphatic carbocycles. The molecule has 0 spiro atoms. The Kier molecular flexibility index (Phi) is 4.70. The van der Waals surface area contributed by atoms with Gasteiger partial charge < -0.3 is 14.6 Å². The Bertz CT molecular complexity index is 667. The predicted molar refractivity (Wildman–Crippen MR) is 80.5 cm³/mol. The quantitative estimate of drug-likeness (QED) is 0.909. The van der Waals surface area contributed by atoms with Crippen LogP contribution in [0.25, 0.3) is 0 Å². The molecule has 0 saturated carbocycles. The molecule has 0 aliphatic rings. The summed E-state index contributed by atoms with van der Waals surface area (Å²) in [4.78, 5) is 11.2. The standard InChI is InChI=1S/C16H15ClO4/c1-10-3-5-13(16(18)19)15(7-10)21-9-11-8-12(17)4-6-14(11)20-2/h3-8H,9H2,1-2H3,(H,18,19). The number of ether oxygens (including phenoxy) is 2. The molecule has 0 amide bonds. The van der Waals surface area contributed by atoms with Crippen LogP contribution in [-0.2, 0) is 6.61 Å². The molecule has 0 fully saturated rings. The number of carboxylic acid groups (broad SMARTS) is 1. The molecule has 5 heteroatoms. The van der Waals surface area contributed by atoms with Crippen LogP contribution in [-0.4, -0.2) is 18.2 Å². The van der Waals surface area contributed by atoms with E-state index in [-0.39, 0.29) is 12.2 Å². The highest BCUT2D eigenvalue weighted by atomic mass is 35.5. The number of aromatic carboxylic acids is 1. The summed E-state index contributed by atoms with van der Waals surface area (Å²) in [5.74, 6) is -0.0588. The van der Waals surface area contributed by atoms with Gasteiger partial charge in [-0.2, -0.15) is 0 Å². The number of carbonyl (C=O) groups is 1. The van der Waals surface area contributed by atoms with Crippen LogP contribution in [0.4, 0.5) is 0 Å². The zero-order valence-electron chi connectivity index (χ0n) is 11.7. The molecule has 0 saturated heterocycles. The summed E-state index contributed by atoms with van der Waals surface area (Å²) in [7, 11) is 1.56. The Morgan fingerprint density at radius 1 is 1.19 bits per heavy atom. The maximum absolute atomic E-state index is 11.2. The van der Waals surface area contributed by atoms with Crippen molar-refractivity contribution in [2.45, 2.75) is 13.5 Å². The molecule has 0 bridgehead atoms. The summed E-state index contributed by atoms with van der Waals surface area (Å²) in [5, 5.41) is 9.74. The number of hydrogen-bond acceptors (Lipinski definition) is 3. The lowest BCUT2D eigenvalue weighted by Gasteiger charge is -2.12. The van der Waals surface area contributed by atoms with Gasteiger partial charge in [-0.25, -0.2) is 4.79 Å². The van der Waals surface area contributed by atoms with Gasteiger partial charge in [0.1, 0.15) is 23.7 Å². The number of carboxylic acids is 1. The second-order valence-electron chi connectivity index (χ2n) is 4.55. The molecule has 21 heavy (non-hydrogen) atoms. The average Bonchev–Trinajstić information content (AvgIpc) is 2.45. The fourth-order valence-corrected chi connectivity index (χ4v) is 2.14. The van der Waals surface area contributed by atoms with Crippen molar-refractivity contribution in [1.29, 1.82) is 0 Å². The zero-order chi connectivity index (χ0) is 15.4. The number of aryl methyl sites for hydroxylation is 1. The first-order valence-electron chi connectivity index (χ1n) is 6.30. The van der Waals surface area contributed by atoms with E-state index < -0.39 is 5.97 Å². The molecule has 110 valence electrons. The van der Waals surface area contributed by atoms with E-state index >= 15 is 0 Å². The highest BCUT2D eigenvalue weighted by Gasteiger charge is 2.12. The van der Waals surface area contributed by atoms with Gasteiger partial charge in [-0.15, -0.1) is 0 Å². The molecule has 2 aromatic carbocycles. The zero-order valence-corrected chi connectivity index (χ0v) is 12.5. The van der Waals surface area contributed by atoms with Gasteiger partial charge in [-0.1, -0.05) is 17.7 Å². The summed E-state index contributed by atoms with van der Waals surface area (Å²) in [6.07, 6.45) is 0. The Labute approximate surface area is 127 Å². The Hall–Kier alpha value is -2.20. The van der Waals surface area contributed by atoms with Crippen molar-refractivity contribution in [1.82, 2.24) is 0 Å². The third-order valence-corrected chi connectivity index (χ3v) is 3.23. The summed E-state index contributed by atoms with van der Waals surface area (Å²) in [6.45, 7) is 2.05. The van der Waals surface area contributed by atoms with Gasteiger partial charge in [0.15, 0.2) is 0 Å². The maximum Gasteiger partial charge on any atom is 0.339 e. The van der Waals surface area contributed by atoms with Crippen molar-refractivity contribution in [3.8, 4) is 11.5 Å². The molecular formula is C16H15ClO4. The Morgan fingerprint density at radius 3 is 2.62 bits per heavy atom. The van der Waals surface area contributed by atoms with E-state index in [9.17, 15) is 9.90 Å². The summed E-state index contributed by atoms with van der Waals surface area (Å²) in [6, 6.07) is 10.2. The van der Waals surface area contributed by atoms with Crippen molar-refractivity contribution in [3.63, 3.8) is 0 Å². The lowest BCUT2D eigenvalue weighted by atomic mass is 10.1. The first-order valence-corrected chi connectivity index (χ1v) is 6.68. The number of halogens is 1. The van der Waals surface area contributed by atoms with Crippen molar-refractivity contribution in [2.75, 3.05) is 7.11 Å². The minimum atomic E-state index is -1.02. The molecule has 4 nitrogen and oxygen atoms in total. The van der Waals surface area contributed by atoms with E-state index in [1.807, 2.05) is 6.92 Å². The molecule has 0 aliphatic heterocycles. The molecule has 1 N–H and O–H groups in total. The van der Waals surface area contributed by atoms with E-state index in [1.165, 1.54) is 6.07 Å². The number of hydrogen-bond donors (Lipinski definition) is 1. The molecular weight excluding hydrogens is 292 g/mol. The summed E-state index contributed by atoms with van der Waals surface area (Å²) < 4.78 is 10.9. The lowest BCUT2D eigenvalue weighted by molar-refractivity contribution is 0.0691. The van der Waals surface area contributed by atoms with Crippen LogP contribution in [0.2, 0.25) is 5.02 Å². The smallest absolute Gasteiger partial charge is 0.339 e. The largest absolute Gasteiger partial charge is 0.496 e. The van der Waals surface area contributed by atoms with Crippen LogP contribution in [0.1, 0.15) is 21.5 Å². The van der Waals surface area contributed by atoms with Crippen LogP contribution in [0, 0.1) is 6.92 Å². The molecule has 0 atom stereocenters. The third kappa shape index (κ3) is 3.67. The van der Waals surface area contributed by atoms with Crippen LogP contribution in [0.5, 0.6) is 11.5 Å². The molecule has 2 rings (SSSR count). The minimum Gasteiger partial charge on any atom is -0.496 e. The van der Waals surface area contributed by atoms with Crippen molar-refractivity contribution < 1.29 is 19.4 Å². The topological polar surface area (TPSA) is 55.8 Å². The second-order valence-corrected chi connectivity index (χ2v) is 4.99. The number of methoxy groups -OCH3 is 1. The van der Waals surface area contributed by atoms with E-state index in [4.69, 9.17) is 21.1 Å². The first kappa shape index (κ1) is 15.2. The summed E-state index contributed by atoms with van der Waals surface area (Å²) >= 11 is 5.96. The lowest BCUT2D eigenvalue weighted by Crippen LogP contribution is -2.04. The Balaban J connectivity index is 2.26. The predicted octanol–water partition coefficient (Wildman–Crippen LogP) is 3.93. The monoisotopic (exact) mass is 306 g/mol.